The summed E-state index contributed by atoms with van der Waals surface area (Å²) in [7, 11) is 0. The van der Waals surface area contributed by atoms with E-state index >= 15 is 0 Å². The van der Waals surface area contributed by atoms with Crippen LogP contribution in [-0.4, -0.2) is 15.8 Å². The average molecular weight is 266 g/mol. The number of aromatic amines is 1. The molecule has 0 saturated heterocycles. The first-order valence-corrected chi connectivity index (χ1v) is 6.51. The van der Waals surface area contributed by atoms with Gasteiger partial charge in [0.2, 0.25) is 5.82 Å². The second-order valence-corrected chi connectivity index (χ2v) is 4.56. The van der Waals surface area contributed by atoms with Crippen LogP contribution in [0.2, 0.25) is 0 Å². The Morgan fingerprint density at radius 1 is 1.28 bits per heavy atom. The van der Waals surface area contributed by atoms with E-state index in [0.717, 1.165) is 11.8 Å². The molecule has 1 unspecified atom stereocenters. The number of benzene rings is 1. The quantitative estimate of drug-likeness (QED) is 0.917. The zero-order valence-electron chi connectivity index (χ0n) is 9.59. The summed E-state index contributed by atoms with van der Waals surface area (Å²) in [6.07, 6.45) is 2.75. The maximum absolute atomic E-state index is 13.3. The first-order chi connectivity index (χ1) is 8.63. The molecule has 1 atom stereocenters. The summed E-state index contributed by atoms with van der Waals surface area (Å²) in [5, 5.41) is -0.370. The third kappa shape index (κ3) is 2.38. The molecule has 1 aromatic carbocycles. The van der Waals surface area contributed by atoms with Crippen LogP contribution < -0.4 is 11.2 Å². The smallest absolute Gasteiger partial charge is 0.281 e. The molecular formula is C12H11FN2O2S. The Hall–Kier alpha value is -1.82. The lowest BCUT2D eigenvalue weighted by Crippen LogP contribution is -2.33. The van der Waals surface area contributed by atoms with Crippen molar-refractivity contribution in [2.24, 2.45) is 0 Å². The number of aromatic nitrogens is 2. The van der Waals surface area contributed by atoms with Gasteiger partial charge in [0.1, 0.15) is 5.37 Å². The molecule has 1 heterocycles. The average Bonchev–Trinajstić information content (AvgIpc) is 2.38. The van der Waals surface area contributed by atoms with Crippen LogP contribution >= 0.6 is 11.8 Å². The van der Waals surface area contributed by atoms with Crippen LogP contribution in [0, 0.1) is 5.82 Å². The fraction of sp³-hybridized carbons (Fsp3) is 0.167. The lowest BCUT2D eigenvalue weighted by atomic mass is 10.2. The Kier molecular flexibility index (Phi) is 3.66. The first-order valence-electron chi connectivity index (χ1n) is 5.22. The molecule has 4 nitrogen and oxygen atoms in total. The van der Waals surface area contributed by atoms with Gasteiger partial charge in [-0.1, -0.05) is 30.3 Å². The van der Waals surface area contributed by atoms with Crippen LogP contribution in [0.5, 0.6) is 0 Å². The number of hydrogen-bond acceptors (Lipinski definition) is 3. The minimum atomic E-state index is -0.996. The first kappa shape index (κ1) is 12.6. The molecule has 0 saturated carbocycles. The maximum atomic E-state index is 13.3. The van der Waals surface area contributed by atoms with Gasteiger partial charge in [0, 0.05) is 0 Å². The summed E-state index contributed by atoms with van der Waals surface area (Å²) in [6.45, 7) is 0. The minimum absolute atomic E-state index is 0.370. The molecule has 2 aromatic rings. The number of thioether (sulfide) groups is 1. The van der Waals surface area contributed by atoms with Crippen molar-refractivity contribution in [2.75, 3.05) is 6.26 Å². The molecule has 0 fully saturated rings. The standard InChI is InChI=1S/C12H11FN2O2S/c1-18-11(8-5-3-2-4-6-8)15-7-9(13)10(16)14-12(15)17/h2-7,11H,1H3,(H,14,16,17). The number of hydrogen-bond donors (Lipinski definition) is 1. The monoisotopic (exact) mass is 266 g/mol. The highest BCUT2D eigenvalue weighted by atomic mass is 32.2. The second-order valence-electron chi connectivity index (χ2n) is 3.64. The van der Waals surface area contributed by atoms with Crippen molar-refractivity contribution in [1.29, 1.82) is 0 Å². The summed E-state index contributed by atoms with van der Waals surface area (Å²) in [5.41, 5.74) is -0.757. The van der Waals surface area contributed by atoms with E-state index in [9.17, 15) is 14.0 Å². The van der Waals surface area contributed by atoms with E-state index in [0.29, 0.717) is 0 Å². The van der Waals surface area contributed by atoms with Crippen LogP contribution in [0.4, 0.5) is 4.39 Å². The van der Waals surface area contributed by atoms with E-state index < -0.39 is 17.1 Å². The molecule has 94 valence electrons. The predicted molar refractivity (Wildman–Crippen MR) is 69.4 cm³/mol. The summed E-state index contributed by atoms with van der Waals surface area (Å²) in [4.78, 5) is 24.6. The number of H-pyrrole nitrogens is 1. The molecule has 0 aliphatic carbocycles. The largest absolute Gasteiger partial charge is 0.329 e. The van der Waals surface area contributed by atoms with Crippen molar-refractivity contribution < 1.29 is 4.39 Å². The van der Waals surface area contributed by atoms with E-state index in [1.54, 1.807) is 0 Å². The normalized spacial score (nSPS) is 12.3. The third-order valence-electron chi connectivity index (χ3n) is 2.48. The molecule has 0 aliphatic heterocycles. The third-order valence-corrected chi connectivity index (χ3v) is 3.43. The lowest BCUT2D eigenvalue weighted by molar-refractivity contribution is 0.563. The van der Waals surface area contributed by atoms with E-state index in [1.807, 2.05) is 41.6 Å². The maximum Gasteiger partial charge on any atom is 0.329 e. The summed E-state index contributed by atoms with van der Waals surface area (Å²) < 4.78 is 14.4. The van der Waals surface area contributed by atoms with Gasteiger partial charge in [-0.25, -0.2) is 4.79 Å². The topological polar surface area (TPSA) is 54.9 Å². The molecule has 0 spiro atoms. The van der Waals surface area contributed by atoms with Gasteiger partial charge in [0.05, 0.1) is 6.20 Å². The Balaban J connectivity index is 2.56. The zero-order valence-corrected chi connectivity index (χ0v) is 10.4. The van der Waals surface area contributed by atoms with Crippen molar-refractivity contribution >= 4 is 11.8 Å². The van der Waals surface area contributed by atoms with Gasteiger partial charge in [-0.3, -0.25) is 14.3 Å². The molecule has 0 amide bonds. The summed E-state index contributed by atoms with van der Waals surface area (Å²) in [6, 6.07) is 9.22. The van der Waals surface area contributed by atoms with E-state index in [2.05, 4.69) is 0 Å². The van der Waals surface area contributed by atoms with Gasteiger partial charge in [-0.2, -0.15) is 4.39 Å². The summed E-state index contributed by atoms with van der Waals surface area (Å²) >= 11 is 1.38. The number of nitrogens with one attached hydrogen (secondary N) is 1. The van der Waals surface area contributed by atoms with E-state index in [-0.39, 0.29) is 5.37 Å². The molecule has 1 aromatic heterocycles. The lowest BCUT2D eigenvalue weighted by Gasteiger charge is -2.17. The molecule has 0 aliphatic rings. The van der Waals surface area contributed by atoms with Crippen LogP contribution in [0.3, 0.4) is 0 Å². The highest BCUT2D eigenvalue weighted by molar-refractivity contribution is 7.98. The van der Waals surface area contributed by atoms with Crippen LogP contribution in [0.25, 0.3) is 0 Å². The van der Waals surface area contributed by atoms with Crippen LogP contribution in [-0.2, 0) is 0 Å². The highest BCUT2D eigenvalue weighted by Crippen LogP contribution is 2.26. The van der Waals surface area contributed by atoms with E-state index in [4.69, 9.17) is 0 Å². The van der Waals surface area contributed by atoms with Crippen molar-refractivity contribution in [2.45, 2.75) is 5.37 Å². The van der Waals surface area contributed by atoms with Gasteiger partial charge in [-0.15, -0.1) is 11.8 Å². The van der Waals surface area contributed by atoms with Gasteiger partial charge in [0.15, 0.2) is 0 Å². The van der Waals surface area contributed by atoms with Crippen molar-refractivity contribution in [3.8, 4) is 0 Å². The number of nitrogens with zero attached hydrogens (tertiary/aromatic N) is 1. The number of rotatable bonds is 3. The number of halogens is 1. The zero-order chi connectivity index (χ0) is 13.1. The Labute approximate surface area is 106 Å². The molecule has 18 heavy (non-hydrogen) atoms. The molecular weight excluding hydrogens is 255 g/mol. The van der Waals surface area contributed by atoms with Crippen molar-refractivity contribution in [3.63, 3.8) is 0 Å². The van der Waals surface area contributed by atoms with Gasteiger partial charge < -0.3 is 0 Å². The second kappa shape index (κ2) is 5.22. The molecule has 6 heteroatoms. The Bertz CT molecular complexity index is 651. The van der Waals surface area contributed by atoms with Gasteiger partial charge >= 0.3 is 5.69 Å². The summed E-state index contributed by atoms with van der Waals surface area (Å²) in [5.74, 6) is -0.968. The van der Waals surface area contributed by atoms with Crippen LogP contribution in [0.15, 0.2) is 46.1 Å². The Morgan fingerprint density at radius 3 is 2.56 bits per heavy atom. The SMILES string of the molecule is CSC(c1ccccc1)n1cc(F)c(=O)[nH]c1=O. The van der Waals surface area contributed by atoms with Crippen molar-refractivity contribution in [3.05, 3.63) is 68.7 Å². The fourth-order valence-corrected chi connectivity index (χ4v) is 2.48. The molecule has 0 radical (unpaired) electrons. The van der Waals surface area contributed by atoms with Gasteiger partial charge in [-0.05, 0) is 11.8 Å². The van der Waals surface area contributed by atoms with Gasteiger partial charge in [0.25, 0.3) is 5.56 Å². The van der Waals surface area contributed by atoms with Crippen LogP contribution in [0.1, 0.15) is 10.9 Å². The Morgan fingerprint density at radius 2 is 1.94 bits per heavy atom. The molecule has 0 bridgehead atoms. The molecule has 2 rings (SSSR count). The molecule has 1 N–H and O–H groups in total. The minimum Gasteiger partial charge on any atom is -0.281 e. The predicted octanol–water partition coefficient (Wildman–Crippen LogP) is 1.59. The van der Waals surface area contributed by atoms with E-state index in [1.165, 1.54) is 16.3 Å². The fourth-order valence-electron chi connectivity index (χ4n) is 1.66. The van der Waals surface area contributed by atoms with Crippen molar-refractivity contribution in [1.82, 2.24) is 9.55 Å². The highest BCUT2D eigenvalue weighted by Gasteiger charge is 2.15.